The number of aliphatic hydroxyl groups is 2. The molecule has 9 nitrogen and oxygen atoms in total. The van der Waals surface area contributed by atoms with Gasteiger partial charge in [0.15, 0.2) is 0 Å². The van der Waals surface area contributed by atoms with Gasteiger partial charge in [0, 0.05) is 13.0 Å². The molecule has 0 amide bonds. The molecule has 61 heavy (non-hydrogen) atoms. The predicted molar refractivity (Wildman–Crippen MR) is 256 cm³/mol. The van der Waals surface area contributed by atoms with E-state index in [2.05, 4.69) is 86.8 Å². The molecule has 10 heteroatoms. The Bertz CT molecular complexity index is 1180. The molecule has 0 heterocycles. The van der Waals surface area contributed by atoms with Crippen molar-refractivity contribution < 1.29 is 43.0 Å². The zero-order chi connectivity index (χ0) is 44.6. The SMILES string of the molecule is CC/C=C\C/C=C\C/C=C\C/C=C\C/C=C\CCCCCCCC(=O)OC(COCCCCCCCCCC/C=C\CCCCCCCCC)COP(=O)(O)OCC(O)CO. The number of esters is 1. The van der Waals surface area contributed by atoms with Crippen molar-refractivity contribution in [3.05, 3.63) is 72.9 Å². The molecule has 0 rings (SSSR count). The number of carbonyl (C=O) groups excluding carboxylic acids is 1. The van der Waals surface area contributed by atoms with Crippen LogP contribution < -0.4 is 0 Å². The van der Waals surface area contributed by atoms with Gasteiger partial charge < -0.3 is 24.6 Å². The van der Waals surface area contributed by atoms with Crippen LogP contribution in [0.4, 0.5) is 0 Å². The third kappa shape index (κ3) is 47.2. The summed E-state index contributed by atoms with van der Waals surface area (Å²) < 4.78 is 33.5. The van der Waals surface area contributed by atoms with E-state index in [4.69, 9.17) is 23.6 Å². The lowest BCUT2D eigenvalue weighted by Crippen LogP contribution is -2.29. The van der Waals surface area contributed by atoms with E-state index in [9.17, 15) is 19.4 Å². The van der Waals surface area contributed by atoms with E-state index in [0.29, 0.717) is 13.0 Å². The van der Waals surface area contributed by atoms with E-state index in [1.165, 1.54) is 89.9 Å². The van der Waals surface area contributed by atoms with Gasteiger partial charge in [-0.25, -0.2) is 4.57 Å². The van der Waals surface area contributed by atoms with Crippen LogP contribution in [0.25, 0.3) is 0 Å². The summed E-state index contributed by atoms with van der Waals surface area (Å²) in [6.45, 7) is 3.38. The smallest absolute Gasteiger partial charge is 0.457 e. The monoisotopic (exact) mass is 879 g/mol. The van der Waals surface area contributed by atoms with E-state index in [-0.39, 0.29) is 19.6 Å². The standard InChI is InChI=1S/C51H91O9P/c1-3-5-7-9-11-13-15-17-19-21-23-24-25-27-29-31-33-35-37-39-41-43-51(54)60-50(48-59-61(55,56)58-46-49(53)45-52)47-57-44-42-40-38-36-34-32-30-28-26-22-20-18-16-14-12-10-8-6-4-2/h5,7,11,13,17,19-20,22-24,27,29,49-50,52-53H,3-4,6,8-10,12,14-16,18,21,25-26,28,30-48H2,1-2H3,(H,55,56)/b7-5-,13-11-,19-17-,22-20-,24-23-,29-27-. The lowest BCUT2D eigenvalue weighted by atomic mass is 10.1. The molecule has 0 aromatic heterocycles. The maximum Gasteiger partial charge on any atom is 0.472 e. The number of phosphoric acid groups is 1. The lowest BCUT2D eigenvalue weighted by Gasteiger charge is -2.20. The normalized spacial score (nSPS) is 14.5. The first kappa shape index (κ1) is 58.9. The fraction of sp³-hybridized carbons (Fsp3) is 0.745. The van der Waals surface area contributed by atoms with Gasteiger partial charge in [-0.15, -0.1) is 0 Å². The second-order valence-electron chi connectivity index (χ2n) is 16.1. The Balaban J connectivity index is 4.17. The Morgan fingerprint density at radius 2 is 0.934 bits per heavy atom. The topological polar surface area (TPSA) is 132 Å². The van der Waals surface area contributed by atoms with E-state index in [1.54, 1.807) is 0 Å². The first-order valence-electron chi connectivity index (χ1n) is 24.4. The molecule has 0 aliphatic carbocycles. The molecule has 3 unspecified atom stereocenters. The average Bonchev–Trinajstić information content (AvgIpc) is 3.25. The summed E-state index contributed by atoms with van der Waals surface area (Å²) in [5, 5.41) is 18.4. The predicted octanol–water partition coefficient (Wildman–Crippen LogP) is 14.1. The summed E-state index contributed by atoms with van der Waals surface area (Å²) in [6, 6.07) is 0. The summed E-state index contributed by atoms with van der Waals surface area (Å²) in [4.78, 5) is 22.7. The Labute approximate surface area is 373 Å². The molecule has 0 radical (unpaired) electrons. The molecular weight excluding hydrogens is 788 g/mol. The Morgan fingerprint density at radius 3 is 1.43 bits per heavy atom. The quantitative estimate of drug-likeness (QED) is 0.0237. The van der Waals surface area contributed by atoms with Crippen LogP contribution in [0, 0.1) is 0 Å². The fourth-order valence-electron chi connectivity index (χ4n) is 6.44. The molecule has 0 aromatic rings. The molecule has 0 saturated heterocycles. The number of phosphoric ester groups is 1. The Hall–Kier alpha value is -2.10. The largest absolute Gasteiger partial charge is 0.472 e. The van der Waals surface area contributed by atoms with Gasteiger partial charge in [-0.3, -0.25) is 13.8 Å². The molecule has 0 aromatic carbocycles. The van der Waals surface area contributed by atoms with Crippen molar-refractivity contribution in [1.82, 2.24) is 0 Å². The van der Waals surface area contributed by atoms with Gasteiger partial charge in [-0.2, -0.15) is 0 Å². The molecule has 0 aliphatic rings. The van der Waals surface area contributed by atoms with Crippen LogP contribution in [0.5, 0.6) is 0 Å². The van der Waals surface area contributed by atoms with E-state index in [0.717, 1.165) is 83.5 Å². The van der Waals surface area contributed by atoms with Crippen molar-refractivity contribution in [2.75, 3.05) is 33.0 Å². The number of aliphatic hydroxyl groups excluding tert-OH is 2. The number of ether oxygens (including phenoxy) is 2. The molecule has 0 aliphatic heterocycles. The van der Waals surface area contributed by atoms with Crippen molar-refractivity contribution >= 4 is 13.8 Å². The lowest BCUT2D eigenvalue weighted by molar-refractivity contribution is -0.154. The first-order valence-corrected chi connectivity index (χ1v) is 25.9. The second-order valence-corrected chi connectivity index (χ2v) is 17.5. The molecule has 354 valence electrons. The van der Waals surface area contributed by atoms with Gasteiger partial charge in [0.05, 0.1) is 26.4 Å². The summed E-state index contributed by atoms with van der Waals surface area (Å²) in [5.41, 5.74) is 0. The summed E-state index contributed by atoms with van der Waals surface area (Å²) in [7, 11) is -4.53. The van der Waals surface area contributed by atoms with Crippen LogP contribution in [0.2, 0.25) is 0 Å². The van der Waals surface area contributed by atoms with Crippen LogP contribution in [-0.2, 0) is 27.9 Å². The summed E-state index contributed by atoms with van der Waals surface area (Å²) in [6.07, 6.45) is 57.2. The number of rotatable bonds is 46. The van der Waals surface area contributed by atoms with Crippen LogP contribution in [0.15, 0.2) is 72.9 Å². The maximum absolute atomic E-state index is 12.7. The molecule has 0 saturated carbocycles. The third-order valence-corrected chi connectivity index (χ3v) is 11.1. The minimum atomic E-state index is -4.53. The van der Waals surface area contributed by atoms with Crippen molar-refractivity contribution in [3.8, 4) is 0 Å². The highest BCUT2D eigenvalue weighted by Crippen LogP contribution is 2.43. The van der Waals surface area contributed by atoms with Gasteiger partial charge in [0.25, 0.3) is 0 Å². The molecule has 0 bridgehead atoms. The summed E-state index contributed by atoms with van der Waals surface area (Å²) >= 11 is 0. The Morgan fingerprint density at radius 1 is 0.525 bits per heavy atom. The van der Waals surface area contributed by atoms with Gasteiger partial charge in [0.1, 0.15) is 12.2 Å². The number of allylic oxidation sites excluding steroid dienone is 12. The van der Waals surface area contributed by atoms with Crippen LogP contribution in [0.3, 0.4) is 0 Å². The van der Waals surface area contributed by atoms with E-state index >= 15 is 0 Å². The van der Waals surface area contributed by atoms with Crippen LogP contribution in [0.1, 0.15) is 200 Å². The van der Waals surface area contributed by atoms with Crippen molar-refractivity contribution in [3.63, 3.8) is 0 Å². The van der Waals surface area contributed by atoms with E-state index < -0.39 is 39.2 Å². The van der Waals surface area contributed by atoms with Crippen molar-refractivity contribution in [1.29, 1.82) is 0 Å². The van der Waals surface area contributed by atoms with Crippen LogP contribution in [-0.4, -0.2) is 66.3 Å². The molecule has 0 fully saturated rings. The highest BCUT2D eigenvalue weighted by molar-refractivity contribution is 7.47. The minimum Gasteiger partial charge on any atom is -0.457 e. The average molecular weight is 879 g/mol. The first-order chi connectivity index (χ1) is 29.8. The highest BCUT2D eigenvalue weighted by atomic mass is 31.2. The zero-order valence-corrected chi connectivity index (χ0v) is 39.8. The molecular formula is C51H91O9P. The van der Waals surface area contributed by atoms with E-state index in [1.807, 2.05) is 0 Å². The van der Waals surface area contributed by atoms with Crippen LogP contribution >= 0.6 is 7.82 Å². The van der Waals surface area contributed by atoms with Crippen molar-refractivity contribution in [2.24, 2.45) is 0 Å². The van der Waals surface area contributed by atoms with Gasteiger partial charge in [-0.05, 0) is 83.5 Å². The Kier molecular flexibility index (Phi) is 45.7. The highest BCUT2D eigenvalue weighted by Gasteiger charge is 2.26. The zero-order valence-electron chi connectivity index (χ0n) is 38.9. The third-order valence-electron chi connectivity index (χ3n) is 10.1. The van der Waals surface area contributed by atoms with Gasteiger partial charge in [-0.1, -0.05) is 183 Å². The number of carbonyl (C=O) groups is 1. The fourth-order valence-corrected chi connectivity index (χ4v) is 7.23. The summed E-state index contributed by atoms with van der Waals surface area (Å²) in [5.74, 6) is -0.403. The minimum absolute atomic E-state index is 0.0360. The maximum atomic E-state index is 12.7. The van der Waals surface area contributed by atoms with Gasteiger partial charge >= 0.3 is 13.8 Å². The van der Waals surface area contributed by atoms with Crippen molar-refractivity contribution in [2.45, 2.75) is 212 Å². The molecule has 3 atom stereocenters. The number of unbranched alkanes of at least 4 members (excludes halogenated alkanes) is 20. The molecule has 3 N–H and O–H groups in total. The number of hydrogen-bond donors (Lipinski definition) is 3. The number of hydrogen-bond acceptors (Lipinski definition) is 8. The second kappa shape index (κ2) is 47.4. The van der Waals surface area contributed by atoms with Gasteiger partial charge in [0.2, 0.25) is 0 Å². The molecule has 0 spiro atoms.